The number of carbonyl (C=O) groups excluding carboxylic acids is 2. The first kappa shape index (κ1) is 26.1. The van der Waals surface area contributed by atoms with Crippen molar-refractivity contribution in [3.8, 4) is 11.1 Å². The number of ether oxygens (including phenoxy) is 1. The largest absolute Gasteiger partial charge is 0.465 e. The lowest BCUT2D eigenvalue weighted by Crippen LogP contribution is -2.47. The molecular weight excluding hydrogens is 541 g/mol. The van der Waals surface area contributed by atoms with E-state index in [-0.39, 0.29) is 22.5 Å². The van der Waals surface area contributed by atoms with Gasteiger partial charge in [-0.2, -0.15) is 22.0 Å². The van der Waals surface area contributed by atoms with Crippen LogP contribution < -0.4 is 10.6 Å². The van der Waals surface area contributed by atoms with E-state index in [9.17, 15) is 31.5 Å². The number of amides is 1. The molecule has 3 rings (SSSR count). The Morgan fingerprint density at radius 2 is 1.69 bits per heavy atom. The van der Waals surface area contributed by atoms with Crippen molar-refractivity contribution in [3.63, 3.8) is 0 Å². The number of nitrogens with zero attached hydrogens (tertiary/aromatic N) is 1. The predicted octanol–water partition coefficient (Wildman–Crippen LogP) is 6.05. The number of pyridine rings is 1. The van der Waals surface area contributed by atoms with Gasteiger partial charge in [0.2, 0.25) is 0 Å². The van der Waals surface area contributed by atoms with Gasteiger partial charge in [-0.25, -0.2) is 9.78 Å². The maximum absolute atomic E-state index is 13.4. The highest BCUT2D eigenvalue weighted by Gasteiger charge is 2.63. The number of esters is 1. The monoisotopic (exact) mass is 557 g/mol. The van der Waals surface area contributed by atoms with Crippen molar-refractivity contribution in [3.05, 3.63) is 76.4 Å². The summed E-state index contributed by atoms with van der Waals surface area (Å²) in [5.74, 6) is -8.71. The topological polar surface area (TPSA) is 80.3 Å². The van der Waals surface area contributed by atoms with Crippen LogP contribution in [0.5, 0.6) is 0 Å². The third-order valence-corrected chi connectivity index (χ3v) is 5.23. The molecule has 0 aliphatic rings. The molecule has 0 saturated heterocycles. The van der Waals surface area contributed by atoms with E-state index < -0.39 is 24.0 Å². The average Bonchev–Trinajstić information content (AvgIpc) is 2.82. The fourth-order valence-corrected chi connectivity index (χ4v) is 3.35. The van der Waals surface area contributed by atoms with Gasteiger partial charge in [-0.05, 0) is 44.8 Å². The van der Waals surface area contributed by atoms with Gasteiger partial charge in [0, 0.05) is 17.2 Å². The first-order valence-corrected chi connectivity index (χ1v) is 10.7. The van der Waals surface area contributed by atoms with Gasteiger partial charge >= 0.3 is 24.0 Å². The molecule has 6 nitrogen and oxygen atoms in total. The number of hydrogen-bond donors (Lipinski definition) is 2. The maximum Gasteiger partial charge on any atom is 0.463 e. The third-order valence-electron chi connectivity index (χ3n) is 4.80. The molecule has 12 heteroatoms. The standard InChI is InChI=1S/C23H17BrF5N3O3/c1-35-20(33)17-5-3-2-4-16(17)14-8-6-13(7-9-14)11-30-19-18(10-15(24)12-31-19)32-21(34)22(25,26)23(27,28)29/h2-10,12H,11H2,1H3,(H,30,31)(H,32,34). The number of methoxy groups -OCH3 is 1. The van der Waals surface area contributed by atoms with Crippen molar-refractivity contribution in [1.82, 2.24) is 4.98 Å². The van der Waals surface area contributed by atoms with Crippen LogP contribution in [0, 0.1) is 0 Å². The molecule has 35 heavy (non-hydrogen) atoms. The molecule has 3 aromatic rings. The molecular formula is C23H17BrF5N3O3. The number of anilines is 2. The Labute approximate surface area is 204 Å². The lowest BCUT2D eigenvalue weighted by Gasteiger charge is -2.20. The minimum Gasteiger partial charge on any atom is -0.465 e. The fourth-order valence-electron chi connectivity index (χ4n) is 3.02. The number of rotatable bonds is 7. The van der Waals surface area contributed by atoms with Gasteiger partial charge in [-0.3, -0.25) is 4.79 Å². The van der Waals surface area contributed by atoms with Crippen LogP contribution in [0.15, 0.2) is 65.3 Å². The number of hydrogen-bond acceptors (Lipinski definition) is 5. The maximum atomic E-state index is 13.4. The molecule has 0 fully saturated rings. The summed E-state index contributed by atoms with van der Waals surface area (Å²) in [6.07, 6.45) is -4.76. The number of halogens is 6. The Kier molecular flexibility index (Phi) is 7.73. The highest BCUT2D eigenvalue weighted by Crippen LogP contribution is 2.37. The average molecular weight is 558 g/mol. The van der Waals surface area contributed by atoms with Crippen molar-refractivity contribution in [2.75, 3.05) is 17.7 Å². The molecule has 2 N–H and O–H groups in total. The molecule has 0 aliphatic heterocycles. The Hall–Kier alpha value is -3.54. The number of benzene rings is 2. The van der Waals surface area contributed by atoms with E-state index >= 15 is 0 Å². The SMILES string of the molecule is COC(=O)c1ccccc1-c1ccc(CNc2ncc(Br)cc2NC(=O)C(F)(F)C(F)(F)F)cc1. The molecule has 0 bridgehead atoms. The van der Waals surface area contributed by atoms with Gasteiger partial charge in [-0.1, -0.05) is 42.5 Å². The number of nitrogens with one attached hydrogen (secondary N) is 2. The molecule has 0 saturated carbocycles. The van der Waals surface area contributed by atoms with E-state index in [2.05, 4.69) is 26.2 Å². The van der Waals surface area contributed by atoms with Gasteiger partial charge in [-0.15, -0.1) is 0 Å². The number of alkyl halides is 5. The van der Waals surface area contributed by atoms with Crippen LogP contribution in [0.4, 0.5) is 33.5 Å². The smallest absolute Gasteiger partial charge is 0.463 e. The number of aromatic nitrogens is 1. The summed E-state index contributed by atoms with van der Waals surface area (Å²) in [6.45, 7) is 0.103. The zero-order valence-corrected chi connectivity index (χ0v) is 19.5. The zero-order valence-electron chi connectivity index (χ0n) is 17.9. The Bertz CT molecular complexity index is 1230. The van der Waals surface area contributed by atoms with E-state index in [0.29, 0.717) is 16.7 Å². The summed E-state index contributed by atoms with van der Waals surface area (Å²) in [5, 5.41) is 4.38. The minimum absolute atomic E-state index is 0.103. The van der Waals surface area contributed by atoms with E-state index in [1.807, 2.05) is 0 Å². The third kappa shape index (κ3) is 5.94. The van der Waals surface area contributed by atoms with Crippen LogP contribution >= 0.6 is 15.9 Å². The second-order valence-electron chi connectivity index (χ2n) is 7.16. The first-order chi connectivity index (χ1) is 16.4. The lowest BCUT2D eigenvalue weighted by molar-refractivity contribution is -0.267. The molecule has 1 aromatic heterocycles. The van der Waals surface area contributed by atoms with Gasteiger partial charge in [0.15, 0.2) is 0 Å². The van der Waals surface area contributed by atoms with Crippen LogP contribution in [0.2, 0.25) is 0 Å². The predicted molar refractivity (Wildman–Crippen MR) is 122 cm³/mol. The molecule has 0 aliphatic carbocycles. The van der Waals surface area contributed by atoms with Crippen LogP contribution in [-0.2, 0) is 16.1 Å². The van der Waals surface area contributed by atoms with Gasteiger partial charge in [0.25, 0.3) is 0 Å². The van der Waals surface area contributed by atoms with Crippen molar-refractivity contribution in [2.45, 2.75) is 18.6 Å². The summed E-state index contributed by atoms with van der Waals surface area (Å²) in [7, 11) is 1.28. The van der Waals surface area contributed by atoms with Crippen LogP contribution in [-0.4, -0.2) is 36.1 Å². The highest BCUT2D eigenvalue weighted by atomic mass is 79.9. The molecule has 1 heterocycles. The Morgan fingerprint density at radius 1 is 1.03 bits per heavy atom. The zero-order chi connectivity index (χ0) is 25.8. The van der Waals surface area contributed by atoms with E-state index in [1.54, 1.807) is 53.8 Å². The second kappa shape index (κ2) is 10.4. The summed E-state index contributed by atoms with van der Waals surface area (Å²) in [5.41, 5.74) is 2.11. The number of carbonyl (C=O) groups is 2. The van der Waals surface area contributed by atoms with Gasteiger partial charge < -0.3 is 15.4 Å². The molecule has 2 aromatic carbocycles. The fraction of sp³-hybridized carbons (Fsp3) is 0.174. The Morgan fingerprint density at radius 3 is 2.31 bits per heavy atom. The summed E-state index contributed by atoms with van der Waals surface area (Å²) < 4.78 is 69.3. The highest BCUT2D eigenvalue weighted by molar-refractivity contribution is 9.10. The quantitative estimate of drug-likeness (QED) is 0.273. The van der Waals surface area contributed by atoms with Crippen molar-refractivity contribution < 1.29 is 36.3 Å². The Balaban J connectivity index is 1.77. The lowest BCUT2D eigenvalue weighted by atomic mass is 9.98. The molecule has 0 unspecified atom stereocenters. The van der Waals surface area contributed by atoms with Crippen LogP contribution in [0.25, 0.3) is 11.1 Å². The van der Waals surface area contributed by atoms with E-state index in [1.165, 1.54) is 13.3 Å². The first-order valence-electron chi connectivity index (χ1n) is 9.86. The molecule has 1 amide bonds. The van der Waals surface area contributed by atoms with Crippen molar-refractivity contribution in [1.29, 1.82) is 0 Å². The van der Waals surface area contributed by atoms with Gasteiger partial charge in [0.1, 0.15) is 5.82 Å². The molecule has 0 spiro atoms. The van der Waals surface area contributed by atoms with Crippen molar-refractivity contribution in [2.24, 2.45) is 0 Å². The second-order valence-corrected chi connectivity index (χ2v) is 8.08. The van der Waals surface area contributed by atoms with Crippen molar-refractivity contribution >= 4 is 39.3 Å². The van der Waals surface area contributed by atoms with Crippen LogP contribution in [0.1, 0.15) is 15.9 Å². The molecule has 184 valence electrons. The van der Waals surface area contributed by atoms with Crippen LogP contribution in [0.3, 0.4) is 0 Å². The van der Waals surface area contributed by atoms with E-state index in [4.69, 9.17) is 4.74 Å². The summed E-state index contributed by atoms with van der Waals surface area (Å²) >= 11 is 3.04. The van der Waals surface area contributed by atoms with Gasteiger partial charge in [0.05, 0.1) is 18.4 Å². The normalized spacial score (nSPS) is 11.6. The summed E-state index contributed by atoms with van der Waals surface area (Å²) in [6, 6.07) is 15.0. The van der Waals surface area contributed by atoms with E-state index in [0.717, 1.165) is 11.6 Å². The molecule has 0 radical (unpaired) electrons. The minimum atomic E-state index is -6.04. The summed E-state index contributed by atoms with van der Waals surface area (Å²) in [4.78, 5) is 27.6. The molecule has 0 atom stereocenters.